The highest BCUT2D eigenvalue weighted by molar-refractivity contribution is 6.90. The number of fused-ring (bicyclic) bond motifs is 7. The zero-order valence-electron chi connectivity index (χ0n) is 26.0. The molecule has 47 heavy (non-hydrogen) atoms. The van der Waals surface area contributed by atoms with E-state index in [-0.39, 0.29) is 6.85 Å². The first-order chi connectivity index (χ1) is 23.3. The molecule has 0 bridgehead atoms. The van der Waals surface area contributed by atoms with Gasteiger partial charge in [0, 0.05) is 61.5 Å². The highest BCUT2D eigenvalue weighted by Gasteiger charge is 2.43. The van der Waals surface area contributed by atoms with Gasteiger partial charge in [0.05, 0.1) is 0 Å². The van der Waals surface area contributed by atoms with Gasteiger partial charge in [-0.25, -0.2) is 0 Å². The first-order valence-electron chi connectivity index (χ1n) is 16.3. The van der Waals surface area contributed by atoms with Crippen molar-refractivity contribution in [3.05, 3.63) is 169 Å². The highest BCUT2D eigenvalue weighted by atomic mass is 15.2. The minimum Gasteiger partial charge on any atom is -0.375 e. The summed E-state index contributed by atoms with van der Waals surface area (Å²) in [4.78, 5) is 4.85. The second-order valence-corrected chi connectivity index (χ2v) is 12.7. The van der Waals surface area contributed by atoms with Crippen LogP contribution in [0.1, 0.15) is 5.56 Å². The molecule has 0 spiro atoms. The van der Waals surface area contributed by atoms with Gasteiger partial charge in [-0.15, -0.1) is 0 Å². The molecule has 2 aliphatic rings. The summed E-state index contributed by atoms with van der Waals surface area (Å²) >= 11 is 0. The predicted octanol–water partition coefficient (Wildman–Crippen LogP) is 9.99. The minimum atomic E-state index is 0.00112. The molecule has 0 radical (unpaired) electrons. The van der Waals surface area contributed by atoms with Crippen molar-refractivity contribution in [2.75, 3.05) is 9.80 Å². The summed E-state index contributed by atoms with van der Waals surface area (Å²) in [6.07, 6.45) is 0. The molecule has 0 unspecified atom stereocenters. The van der Waals surface area contributed by atoms with E-state index in [0.717, 1.165) is 22.7 Å². The van der Waals surface area contributed by atoms with Crippen LogP contribution in [0.15, 0.2) is 164 Å². The zero-order valence-corrected chi connectivity index (χ0v) is 26.0. The number of anilines is 6. The van der Waals surface area contributed by atoms with Gasteiger partial charge in [-0.05, 0) is 95.7 Å². The molecule has 0 aliphatic carbocycles. The van der Waals surface area contributed by atoms with Crippen molar-refractivity contribution in [1.29, 1.82) is 0 Å². The van der Waals surface area contributed by atoms with Gasteiger partial charge >= 0.3 is 6.85 Å². The fraction of sp³-hybridized carbons (Fsp3) is 0.0233. The summed E-state index contributed by atoms with van der Waals surface area (Å²) in [5.41, 5.74) is 16.1. The Kier molecular flexibility index (Phi) is 5.59. The Labute approximate surface area is 274 Å². The van der Waals surface area contributed by atoms with E-state index in [4.69, 9.17) is 0 Å². The van der Waals surface area contributed by atoms with Gasteiger partial charge < -0.3 is 14.3 Å². The molecule has 0 atom stereocenters. The van der Waals surface area contributed by atoms with Crippen molar-refractivity contribution in [1.82, 2.24) is 4.48 Å². The molecule has 8 aromatic rings. The topological polar surface area (TPSA) is 11.4 Å². The van der Waals surface area contributed by atoms with Gasteiger partial charge in [-0.3, -0.25) is 0 Å². The Hall–Kier alpha value is -6.00. The third-order valence-electron chi connectivity index (χ3n) is 9.94. The SMILES string of the molecule is Cc1cc2c3c(c1)N(c1ccccc1)c1ccc(N(c4ccccc4)c4ccccc4)cc1B3n1c3ccccc3c3cccc-2c31. The van der Waals surface area contributed by atoms with E-state index in [9.17, 15) is 0 Å². The van der Waals surface area contributed by atoms with E-state index in [0.29, 0.717) is 0 Å². The van der Waals surface area contributed by atoms with Crippen LogP contribution in [0, 0.1) is 6.92 Å². The van der Waals surface area contributed by atoms with Gasteiger partial charge in [-0.2, -0.15) is 0 Å². The molecule has 3 heterocycles. The highest BCUT2D eigenvalue weighted by Crippen LogP contribution is 2.46. The molecule has 10 rings (SSSR count). The van der Waals surface area contributed by atoms with Crippen LogP contribution in [0.2, 0.25) is 0 Å². The second kappa shape index (κ2) is 10.0. The molecular weight excluding hydrogens is 569 g/mol. The number of hydrogen-bond acceptors (Lipinski definition) is 2. The normalized spacial score (nSPS) is 12.7. The van der Waals surface area contributed by atoms with Crippen LogP contribution in [0.3, 0.4) is 0 Å². The average Bonchev–Trinajstić information content (AvgIpc) is 3.46. The minimum absolute atomic E-state index is 0.00112. The van der Waals surface area contributed by atoms with Gasteiger partial charge in [0.2, 0.25) is 0 Å². The Morgan fingerprint density at radius 2 is 1.17 bits per heavy atom. The first kappa shape index (κ1) is 26.2. The lowest BCUT2D eigenvalue weighted by atomic mass is 9.45. The molecule has 0 fully saturated rings. The van der Waals surface area contributed by atoms with Crippen molar-refractivity contribution in [3.8, 4) is 11.1 Å². The molecule has 4 heteroatoms. The Morgan fingerprint density at radius 3 is 1.91 bits per heavy atom. The molecule has 0 amide bonds. The molecule has 0 N–H and O–H groups in total. The first-order valence-corrected chi connectivity index (χ1v) is 16.3. The van der Waals surface area contributed by atoms with Crippen molar-refractivity contribution < 1.29 is 0 Å². The Bertz CT molecular complexity index is 2450. The largest absolute Gasteiger partial charge is 0.375 e. The van der Waals surface area contributed by atoms with Crippen molar-refractivity contribution in [2.45, 2.75) is 6.92 Å². The van der Waals surface area contributed by atoms with E-state index in [2.05, 4.69) is 185 Å². The second-order valence-electron chi connectivity index (χ2n) is 12.7. The molecule has 0 saturated heterocycles. The summed E-state index contributed by atoms with van der Waals surface area (Å²) in [6.45, 7) is 2.23. The summed E-state index contributed by atoms with van der Waals surface area (Å²) < 4.78 is 2.63. The third-order valence-corrected chi connectivity index (χ3v) is 9.94. The average molecular weight is 600 g/mol. The van der Waals surface area contributed by atoms with E-state index in [1.54, 1.807) is 0 Å². The molecular formula is C43H30BN3. The molecule has 0 saturated carbocycles. The number of aryl methyl sites for hydroxylation is 1. The van der Waals surface area contributed by atoms with Crippen molar-refractivity contribution >= 4 is 73.7 Å². The van der Waals surface area contributed by atoms with Crippen molar-refractivity contribution in [2.24, 2.45) is 0 Å². The lowest BCUT2D eigenvalue weighted by Gasteiger charge is -2.41. The monoisotopic (exact) mass is 599 g/mol. The van der Waals surface area contributed by atoms with Gasteiger partial charge in [0.15, 0.2) is 0 Å². The number of aromatic nitrogens is 1. The van der Waals surface area contributed by atoms with E-state index >= 15 is 0 Å². The maximum atomic E-state index is 2.63. The number of para-hydroxylation sites is 5. The Balaban J connectivity index is 1.33. The number of rotatable bonds is 4. The Morgan fingerprint density at radius 1 is 0.511 bits per heavy atom. The number of hydrogen-bond donors (Lipinski definition) is 0. The van der Waals surface area contributed by atoms with Crippen LogP contribution in [0.25, 0.3) is 32.9 Å². The van der Waals surface area contributed by atoms with Gasteiger partial charge in [0.25, 0.3) is 0 Å². The smallest absolute Gasteiger partial charge is 0.333 e. The molecule has 7 aromatic carbocycles. The summed E-state index contributed by atoms with van der Waals surface area (Å²) in [5.74, 6) is 0. The summed E-state index contributed by atoms with van der Waals surface area (Å²) in [6, 6.07) is 59.9. The zero-order chi connectivity index (χ0) is 31.1. The molecule has 3 nitrogen and oxygen atoms in total. The fourth-order valence-electron chi connectivity index (χ4n) is 8.13. The van der Waals surface area contributed by atoms with Crippen LogP contribution >= 0.6 is 0 Å². The van der Waals surface area contributed by atoms with E-state index < -0.39 is 0 Å². The van der Waals surface area contributed by atoms with Gasteiger partial charge in [-0.1, -0.05) is 97.1 Å². The number of benzene rings is 7. The van der Waals surface area contributed by atoms with Crippen LogP contribution < -0.4 is 20.7 Å². The predicted molar refractivity (Wildman–Crippen MR) is 199 cm³/mol. The maximum Gasteiger partial charge on any atom is 0.333 e. The van der Waals surface area contributed by atoms with E-state index in [1.807, 2.05) is 0 Å². The van der Waals surface area contributed by atoms with Gasteiger partial charge in [0.1, 0.15) is 0 Å². The summed E-state index contributed by atoms with van der Waals surface area (Å²) in [7, 11) is 0. The summed E-state index contributed by atoms with van der Waals surface area (Å²) in [5, 5.41) is 2.61. The number of nitrogens with zero attached hydrogens (tertiary/aromatic N) is 3. The van der Waals surface area contributed by atoms with Crippen LogP contribution in [0.5, 0.6) is 0 Å². The van der Waals surface area contributed by atoms with Crippen LogP contribution in [-0.4, -0.2) is 11.3 Å². The molecule has 2 aliphatic heterocycles. The molecule has 220 valence electrons. The lowest BCUT2D eigenvalue weighted by Crippen LogP contribution is -2.56. The third kappa shape index (κ3) is 3.76. The lowest BCUT2D eigenvalue weighted by molar-refractivity contribution is 1.23. The quantitative estimate of drug-likeness (QED) is 0.187. The van der Waals surface area contributed by atoms with Crippen molar-refractivity contribution in [3.63, 3.8) is 0 Å². The standard InChI is InChI=1S/C43H30BN3/c1-29-26-37-36-22-13-21-35-34-20-11-12-23-39(34)47(43(35)36)44-38-28-33(45(30-14-5-2-6-15-30)31-16-7-3-8-17-31)24-25-40(38)46(41(27-29)42(37)44)32-18-9-4-10-19-32/h2-28H,1H3. The fourth-order valence-corrected chi connectivity index (χ4v) is 8.13. The van der Waals surface area contributed by atoms with Crippen LogP contribution in [-0.2, 0) is 0 Å². The van der Waals surface area contributed by atoms with Crippen LogP contribution in [0.4, 0.5) is 34.1 Å². The van der Waals surface area contributed by atoms with E-state index in [1.165, 1.54) is 60.8 Å². The maximum absolute atomic E-state index is 2.63. The molecule has 1 aromatic heterocycles.